The lowest BCUT2D eigenvalue weighted by atomic mass is 10.0. The third-order valence-electron chi connectivity index (χ3n) is 3.94. The summed E-state index contributed by atoms with van der Waals surface area (Å²) >= 11 is 3.45. The number of hydrogen-bond donors (Lipinski definition) is 2. The first-order valence-electron chi connectivity index (χ1n) is 7.18. The van der Waals surface area contributed by atoms with Crippen molar-refractivity contribution in [3.63, 3.8) is 0 Å². The molecule has 5 nitrogen and oxygen atoms in total. The molecule has 1 atom stereocenters. The summed E-state index contributed by atoms with van der Waals surface area (Å²) in [5, 5.41) is 18.9. The molecule has 2 N–H and O–H groups in total. The molecule has 1 aliphatic heterocycles. The normalized spacial score (nSPS) is 18.6. The fraction of sp³-hybridized carbons (Fsp3) is 0.533. The number of phenolic OH excluding ortho intramolecular Hbond substituents is 1. The van der Waals surface area contributed by atoms with Gasteiger partial charge >= 0.3 is 5.97 Å². The van der Waals surface area contributed by atoms with Crippen LogP contribution in [0.3, 0.4) is 0 Å². The molecule has 0 saturated carbocycles. The van der Waals surface area contributed by atoms with Gasteiger partial charge in [0.2, 0.25) is 0 Å². The van der Waals surface area contributed by atoms with E-state index in [2.05, 4.69) is 27.8 Å². The number of halogens is 1. The average Bonchev–Trinajstić information content (AvgIpc) is 2.44. The fourth-order valence-corrected chi connectivity index (χ4v) is 3.27. The predicted molar refractivity (Wildman–Crippen MR) is 84.5 cm³/mol. The molecule has 1 fully saturated rings. The molecule has 6 heteroatoms. The van der Waals surface area contributed by atoms with Crippen molar-refractivity contribution in [1.29, 1.82) is 0 Å². The molecule has 1 unspecified atom stereocenters. The van der Waals surface area contributed by atoms with Gasteiger partial charge in [0, 0.05) is 42.3 Å². The zero-order chi connectivity index (χ0) is 15.4. The summed E-state index contributed by atoms with van der Waals surface area (Å²) in [6, 6.07) is 5.67. The SMILES string of the molecule is CCC(c1cc(Br)ccc1O)N1CCN(CC(=O)O)CC1. The summed E-state index contributed by atoms with van der Waals surface area (Å²) in [6.45, 7) is 5.34. The maximum absolute atomic E-state index is 10.7. The number of aliphatic carboxylic acids is 1. The maximum Gasteiger partial charge on any atom is 0.317 e. The van der Waals surface area contributed by atoms with Gasteiger partial charge in [-0.2, -0.15) is 0 Å². The fourth-order valence-electron chi connectivity index (χ4n) is 2.89. The monoisotopic (exact) mass is 356 g/mol. The van der Waals surface area contributed by atoms with Crippen molar-refractivity contribution in [3.8, 4) is 5.75 Å². The number of benzene rings is 1. The Bertz CT molecular complexity index is 502. The second kappa shape index (κ2) is 7.24. The van der Waals surface area contributed by atoms with E-state index in [1.165, 1.54) is 0 Å². The van der Waals surface area contributed by atoms with Crippen LogP contribution in [-0.4, -0.2) is 58.7 Å². The Morgan fingerprint density at radius 2 is 2.00 bits per heavy atom. The molecular formula is C15H21BrN2O3. The Morgan fingerprint density at radius 1 is 1.33 bits per heavy atom. The highest BCUT2D eigenvalue weighted by atomic mass is 79.9. The Labute approximate surface area is 133 Å². The number of rotatable bonds is 5. The van der Waals surface area contributed by atoms with Crippen LogP contribution in [0.2, 0.25) is 0 Å². The topological polar surface area (TPSA) is 64.0 Å². The smallest absolute Gasteiger partial charge is 0.317 e. The van der Waals surface area contributed by atoms with E-state index in [-0.39, 0.29) is 12.6 Å². The van der Waals surface area contributed by atoms with Crippen LogP contribution >= 0.6 is 15.9 Å². The number of hydrogen-bond acceptors (Lipinski definition) is 4. The molecular weight excluding hydrogens is 336 g/mol. The number of carboxylic acid groups (broad SMARTS) is 1. The van der Waals surface area contributed by atoms with E-state index in [1.54, 1.807) is 6.07 Å². The summed E-state index contributed by atoms with van der Waals surface area (Å²) in [7, 11) is 0. The Kier molecular flexibility index (Phi) is 5.61. The molecule has 2 rings (SSSR count). The van der Waals surface area contributed by atoms with Gasteiger partial charge in [0.25, 0.3) is 0 Å². The number of carbonyl (C=O) groups is 1. The Balaban J connectivity index is 2.06. The van der Waals surface area contributed by atoms with Crippen LogP contribution < -0.4 is 0 Å². The highest BCUT2D eigenvalue weighted by molar-refractivity contribution is 9.10. The summed E-state index contributed by atoms with van der Waals surface area (Å²) in [4.78, 5) is 15.0. The lowest BCUT2D eigenvalue weighted by Gasteiger charge is -2.38. The van der Waals surface area contributed by atoms with Crippen LogP contribution in [0, 0.1) is 0 Å². The third kappa shape index (κ3) is 4.18. The Hall–Kier alpha value is -1.11. The van der Waals surface area contributed by atoms with Gasteiger partial charge in [-0.3, -0.25) is 14.6 Å². The van der Waals surface area contributed by atoms with E-state index in [9.17, 15) is 9.90 Å². The van der Waals surface area contributed by atoms with Gasteiger partial charge in [0.15, 0.2) is 0 Å². The van der Waals surface area contributed by atoms with Crippen LogP contribution in [0.4, 0.5) is 0 Å². The second-order valence-electron chi connectivity index (χ2n) is 5.33. The van der Waals surface area contributed by atoms with Crippen LogP contribution in [0.5, 0.6) is 5.75 Å². The molecule has 1 aromatic carbocycles. The zero-order valence-electron chi connectivity index (χ0n) is 12.1. The highest BCUT2D eigenvalue weighted by Gasteiger charge is 2.26. The molecule has 0 aliphatic carbocycles. The lowest BCUT2D eigenvalue weighted by Crippen LogP contribution is -2.48. The van der Waals surface area contributed by atoms with Crippen molar-refractivity contribution in [2.75, 3.05) is 32.7 Å². The van der Waals surface area contributed by atoms with Crippen LogP contribution in [0.15, 0.2) is 22.7 Å². The van der Waals surface area contributed by atoms with Gasteiger partial charge in [-0.05, 0) is 24.6 Å². The highest BCUT2D eigenvalue weighted by Crippen LogP contribution is 2.33. The van der Waals surface area contributed by atoms with Crippen molar-refractivity contribution in [2.45, 2.75) is 19.4 Å². The lowest BCUT2D eigenvalue weighted by molar-refractivity contribution is -0.138. The van der Waals surface area contributed by atoms with Gasteiger partial charge in [0.05, 0.1) is 6.54 Å². The van der Waals surface area contributed by atoms with E-state index in [1.807, 2.05) is 17.0 Å². The molecule has 1 saturated heterocycles. The van der Waals surface area contributed by atoms with E-state index in [0.29, 0.717) is 5.75 Å². The van der Waals surface area contributed by atoms with Crippen molar-refractivity contribution < 1.29 is 15.0 Å². The van der Waals surface area contributed by atoms with E-state index < -0.39 is 5.97 Å². The summed E-state index contributed by atoms with van der Waals surface area (Å²) in [6.07, 6.45) is 0.906. The van der Waals surface area contributed by atoms with Crippen molar-refractivity contribution in [1.82, 2.24) is 9.80 Å². The van der Waals surface area contributed by atoms with Gasteiger partial charge in [-0.25, -0.2) is 0 Å². The molecule has 0 amide bonds. The second-order valence-corrected chi connectivity index (χ2v) is 6.25. The number of carboxylic acids is 1. The van der Waals surface area contributed by atoms with Crippen molar-refractivity contribution in [3.05, 3.63) is 28.2 Å². The van der Waals surface area contributed by atoms with Crippen LogP contribution in [0.1, 0.15) is 24.9 Å². The van der Waals surface area contributed by atoms with Gasteiger partial charge in [0.1, 0.15) is 5.75 Å². The Morgan fingerprint density at radius 3 is 2.57 bits per heavy atom. The molecule has 0 radical (unpaired) electrons. The van der Waals surface area contributed by atoms with E-state index >= 15 is 0 Å². The minimum absolute atomic E-state index is 0.104. The first kappa shape index (κ1) is 16.3. The number of piperazine rings is 1. The summed E-state index contributed by atoms with van der Waals surface area (Å²) in [5.41, 5.74) is 0.929. The van der Waals surface area contributed by atoms with Gasteiger partial charge in [-0.15, -0.1) is 0 Å². The van der Waals surface area contributed by atoms with E-state index in [0.717, 1.165) is 42.6 Å². The third-order valence-corrected chi connectivity index (χ3v) is 4.44. The molecule has 116 valence electrons. The standard InChI is InChI=1S/C15H21BrN2O3/c1-2-13(12-9-11(16)3-4-14(12)19)18-7-5-17(6-8-18)10-15(20)21/h3-4,9,13,19H,2,5-8,10H2,1H3,(H,20,21). The van der Waals surface area contributed by atoms with Crippen molar-refractivity contribution in [2.24, 2.45) is 0 Å². The molecule has 21 heavy (non-hydrogen) atoms. The van der Waals surface area contributed by atoms with Crippen molar-refractivity contribution >= 4 is 21.9 Å². The van der Waals surface area contributed by atoms with Crippen LogP contribution in [0.25, 0.3) is 0 Å². The van der Waals surface area contributed by atoms with E-state index in [4.69, 9.17) is 5.11 Å². The molecule has 1 aromatic rings. The summed E-state index contributed by atoms with van der Waals surface area (Å²) in [5.74, 6) is -0.460. The number of nitrogens with zero attached hydrogens (tertiary/aromatic N) is 2. The quantitative estimate of drug-likeness (QED) is 0.847. The first-order valence-corrected chi connectivity index (χ1v) is 7.97. The largest absolute Gasteiger partial charge is 0.508 e. The predicted octanol–water partition coefficient (Wildman–Crippen LogP) is 2.31. The molecule has 1 heterocycles. The minimum atomic E-state index is -0.778. The van der Waals surface area contributed by atoms with Crippen LogP contribution in [-0.2, 0) is 4.79 Å². The minimum Gasteiger partial charge on any atom is -0.508 e. The van der Waals surface area contributed by atoms with Gasteiger partial charge in [-0.1, -0.05) is 22.9 Å². The summed E-state index contributed by atoms with van der Waals surface area (Å²) < 4.78 is 0.957. The molecule has 0 aromatic heterocycles. The maximum atomic E-state index is 10.7. The average molecular weight is 357 g/mol. The number of aromatic hydroxyl groups is 1. The number of phenols is 1. The molecule has 0 spiro atoms. The molecule has 0 bridgehead atoms. The van der Waals surface area contributed by atoms with Gasteiger partial charge < -0.3 is 10.2 Å². The zero-order valence-corrected chi connectivity index (χ0v) is 13.7. The molecule has 1 aliphatic rings. The first-order chi connectivity index (χ1) is 10.0.